The molecular formula is C21H27N3. The maximum Gasteiger partial charge on any atom is 0.129 e. The van der Waals surface area contributed by atoms with Crippen LogP contribution in [0.25, 0.3) is 11.3 Å². The largest absolute Gasteiger partial charge is 0.354 e. The summed E-state index contributed by atoms with van der Waals surface area (Å²) in [6.45, 7) is 6.94. The van der Waals surface area contributed by atoms with Crippen molar-refractivity contribution >= 4 is 5.82 Å². The Morgan fingerprint density at radius 1 is 0.958 bits per heavy atom. The zero-order valence-electron chi connectivity index (χ0n) is 14.6. The Morgan fingerprint density at radius 2 is 1.79 bits per heavy atom. The molecule has 0 radical (unpaired) electrons. The van der Waals surface area contributed by atoms with Crippen molar-refractivity contribution in [2.24, 2.45) is 0 Å². The molecule has 24 heavy (non-hydrogen) atoms. The van der Waals surface area contributed by atoms with Gasteiger partial charge in [0, 0.05) is 24.7 Å². The Kier molecular flexibility index (Phi) is 4.52. The second-order valence-corrected chi connectivity index (χ2v) is 7.21. The number of hydrogen-bond acceptors (Lipinski definition) is 3. The van der Waals surface area contributed by atoms with Gasteiger partial charge >= 0.3 is 0 Å². The summed E-state index contributed by atoms with van der Waals surface area (Å²) in [5.74, 6) is 1.13. The first kappa shape index (κ1) is 15.6. The van der Waals surface area contributed by atoms with Crippen LogP contribution in [0.4, 0.5) is 5.82 Å². The summed E-state index contributed by atoms with van der Waals surface area (Å²) in [5.41, 5.74) is 3.80. The minimum Gasteiger partial charge on any atom is -0.354 e. The predicted octanol–water partition coefficient (Wildman–Crippen LogP) is 4.33. The van der Waals surface area contributed by atoms with Crippen LogP contribution in [0.3, 0.4) is 0 Å². The molecule has 126 valence electrons. The predicted molar refractivity (Wildman–Crippen MR) is 100 cm³/mol. The summed E-state index contributed by atoms with van der Waals surface area (Å²) in [7, 11) is 0. The number of hydrogen-bond donors (Lipinski definition) is 0. The van der Waals surface area contributed by atoms with E-state index in [1.165, 1.54) is 49.9 Å². The third-order valence-corrected chi connectivity index (χ3v) is 5.47. The van der Waals surface area contributed by atoms with Crippen LogP contribution in [0.1, 0.15) is 38.2 Å². The molecule has 3 heteroatoms. The zero-order chi connectivity index (χ0) is 16.4. The molecule has 0 bridgehead atoms. The lowest BCUT2D eigenvalue weighted by Gasteiger charge is -2.23. The number of aromatic nitrogens is 1. The van der Waals surface area contributed by atoms with E-state index in [-0.39, 0.29) is 0 Å². The van der Waals surface area contributed by atoms with E-state index in [1.807, 2.05) is 0 Å². The summed E-state index contributed by atoms with van der Waals surface area (Å²) < 4.78 is 0. The van der Waals surface area contributed by atoms with Gasteiger partial charge in [0.15, 0.2) is 0 Å². The van der Waals surface area contributed by atoms with Crippen molar-refractivity contribution in [2.45, 2.75) is 45.2 Å². The molecule has 2 fully saturated rings. The molecular weight excluding hydrogens is 294 g/mol. The zero-order valence-corrected chi connectivity index (χ0v) is 14.6. The molecule has 4 rings (SSSR count). The van der Waals surface area contributed by atoms with Crippen LogP contribution in [0.15, 0.2) is 42.5 Å². The van der Waals surface area contributed by atoms with E-state index in [1.54, 1.807) is 0 Å². The number of pyridine rings is 1. The first-order valence-corrected chi connectivity index (χ1v) is 9.35. The minimum atomic E-state index is 0.604. The normalized spacial score (nSPS) is 21.5. The number of nitrogens with zero attached hydrogens (tertiary/aromatic N) is 3. The van der Waals surface area contributed by atoms with Gasteiger partial charge in [-0.3, -0.25) is 4.90 Å². The highest BCUT2D eigenvalue weighted by molar-refractivity contribution is 5.65. The van der Waals surface area contributed by atoms with Crippen molar-refractivity contribution in [2.75, 3.05) is 24.5 Å². The molecule has 1 aromatic carbocycles. The fraction of sp³-hybridized carbons (Fsp3) is 0.476. The first-order valence-electron chi connectivity index (χ1n) is 9.35. The van der Waals surface area contributed by atoms with Gasteiger partial charge < -0.3 is 4.90 Å². The monoisotopic (exact) mass is 321 g/mol. The maximum atomic E-state index is 5.02. The van der Waals surface area contributed by atoms with E-state index in [4.69, 9.17) is 4.98 Å². The molecule has 0 N–H and O–H groups in total. The molecule has 0 spiro atoms. The molecule has 0 aliphatic carbocycles. The third-order valence-electron chi connectivity index (χ3n) is 5.47. The van der Waals surface area contributed by atoms with Gasteiger partial charge in [-0.15, -0.1) is 0 Å². The minimum absolute atomic E-state index is 0.604. The Labute approximate surface area is 145 Å². The Hall–Kier alpha value is -1.87. The van der Waals surface area contributed by atoms with Gasteiger partial charge in [0.25, 0.3) is 0 Å². The summed E-state index contributed by atoms with van der Waals surface area (Å²) in [4.78, 5) is 10.0. The van der Waals surface area contributed by atoms with E-state index in [0.717, 1.165) is 24.6 Å². The van der Waals surface area contributed by atoms with Crippen LogP contribution < -0.4 is 4.90 Å². The average Bonchev–Trinajstić information content (AvgIpc) is 3.27. The second kappa shape index (κ2) is 6.94. The van der Waals surface area contributed by atoms with Crippen molar-refractivity contribution in [3.63, 3.8) is 0 Å². The molecule has 1 aromatic heterocycles. The highest BCUT2D eigenvalue weighted by Crippen LogP contribution is 2.29. The molecule has 2 aromatic rings. The van der Waals surface area contributed by atoms with Gasteiger partial charge in [0.1, 0.15) is 5.82 Å². The molecule has 1 atom stereocenters. The quantitative estimate of drug-likeness (QED) is 0.835. The molecule has 2 saturated heterocycles. The average molecular weight is 321 g/mol. The number of anilines is 1. The lowest BCUT2D eigenvalue weighted by Crippen LogP contribution is -2.27. The highest BCUT2D eigenvalue weighted by Gasteiger charge is 2.22. The van der Waals surface area contributed by atoms with Crippen molar-refractivity contribution in [3.8, 4) is 11.3 Å². The van der Waals surface area contributed by atoms with Crippen LogP contribution in [0.5, 0.6) is 0 Å². The van der Waals surface area contributed by atoms with Crippen LogP contribution in [0.2, 0.25) is 0 Å². The highest BCUT2D eigenvalue weighted by atomic mass is 15.2. The summed E-state index contributed by atoms with van der Waals surface area (Å²) in [5, 5.41) is 0. The summed E-state index contributed by atoms with van der Waals surface area (Å²) >= 11 is 0. The van der Waals surface area contributed by atoms with Crippen LogP contribution in [-0.2, 0) is 6.54 Å². The molecule has 2 aliphatic heterocycles. The number of likely N-dealkylation sites (tertiary alicyclic amines) is 1. The van der Waals surface area contributed by atoms with Crippen molar-refractivity contribution in [1.29, 1.82) is 0 Å². The maximum absolute atomic E-state index is 5.02. The molecule has 1 unspecified atom stereocenters. The van der Waals surface area contributed by atoms with Crippen LogP contribution in [-0.4, -0.2) is 35.6 Å². The van der Waals surface area contributed by atoms with Gasteiger partial charge in [-0.2, -0.15) is 0 Å². The van der Waals surface area contributed by atoms with E-state index >= 15 is 0 Å². The first-order chi connectivity index (χ1) is 11.8. The van der Waals surface area contributed by atoms with Crippen molar-refractivity contribution in [3.05, 3.63) is 48.0 Å². The van der Waals surface area contributed by atoms with Gasteiger partial charge in [0.05, 0.1) is 5.69 Å². The standard InChI is InChI=1S/C21H27N3/c1-17-8-7-15-24(17)21-12-6-11-20(22-21)19-10-3-2-9-18(19)16-23-13-4-5-14-23/h2-3,6,9-12,17H,4-5,7-8,13-16H2,1H3. The Morgan fingerprint density at radius 3 is 2.58 bits per heavy atom. The van der Waals surface area contributed by atoms with Crippen molar-refractivity contribution in [1.82, 2.24) is 9.88 Å². The van der Waals surface area contributed by atoms with E-state index in [2.05, 4.69) is 59.2 Å². The smallest absolute Gasteiger partial charge is 0.129 e. The lowest BCUT2D eigenvalue weighted by atomic mass is 10.0. The number of rotatable bonds is 4. The fourth-order valence-electron chi connectivity index (χ4n) is 4.10. The molecule has 0 saturated carbocycles. The van der Waals surface area contributed by atoms with Gasteiger partial charge in [-0.25, -0.2) is 4.98 Å². The number of benzene rings is 1. The van der Waals surface area contributed by atoms with Crippen molar-refractivity contribution < 1.29 is 0 Å². The lowest BCUT2D eigenvalue weighted by molar-refractivity contribution is 0.332. The van der Waals surface area contributed by atoms with E-state index < -0.39 is 0 Å². The summed E-state index contributed by atoms with van der Waals surface area (Å²) in [6.07, 6.45) is 5.22. The van der Waals surface area contributed by atoms with Gasteiger partial charge in [0.2, 0.25) is 0 Å². The molecule has 3 nitrogen and oxygen atoms in total. The van der Waals surface area contributed by atoms with Crippen LogP contribution >= 0.6 is 0 Å². The second-order valence-electron chi connectivity index (χ2n) is 7.21. The molecule has 0 amide bonds. The van der Waals surface area contributed by atoms with Gasteiger partial charge in [-0.1, -0.05) is 30.3 Å². The SMILES string of the molecule is CC1CCCN1c1cccc(-c2ccccc2CN2CCCC2)n1. The Bertz CT molecular complexity index is 691. The fourth-order valence-corrected chi connectivity index (χ4v) is 4.10. The van der Waals surface area contributed by atoms with E-state index in [0.29, 0.717) is 6.04 Å². The third kappa shape index (κ3) is 3.18. The topological polar surface area (TPSA) is 19.4 Å². The Balaban J connectivity index is 1.63. The molecule has 2 aliphatic rings. The van der Waals surface area contributed by atoms with Gasteiger partial charge in [-0.05, 0) is 63.4 Å². The summed E-state index contributed by atoms with van der Waals surface area (Å²) in [6, 6.07) is 15.9. The van der Waals surface area contributed by atoms with Crippen LogP contribution in [0, 0.1) is 0 Å². The van der Waals surface area contributed by atoms with E-state index in [9.17, 15) is 0 Å². The molecule has 3 heterocycles.